The second kappa shape index (κ2) is 11.4. The number of carbonyl (C=O) groups is 2. The van der Waals surface area contributed by atoms with Gasteiger partial charge in [0.25, 0.3) is 11.8 Å². The van der Waals surface area contributed by atoms with E-state index in [2.05, 4.69) is 35.1 Å². The minimum absolute atomic E-state index is 0.0394. The Hall–Kier alpha value is -3.24. The van der Waals surface area contributed by atoms with Crippen molar-refractivity contribution in [3.8, 4) is 6.07 Å². The van der Waals surface area contributed by atoms with Gasteiger partial charge in [-0.25, -0.2) is 0 Å². The molecule has 0 radical (unpaired) electrons. The van der Waals surface area contributed by atoms with Gasteiger partial charge in [-0.15, -0.1) is 0 Å². The number of likely N-dealkylation sites (tertiary alicyclic amines) is 1. The Morgan fingerprint density at radius 1 is 1.16 bits per heavy atom. The number of aromatic nitrogens is 1. The SMILES string of the molecule is CCCN(CCC)C(=O)c1ccc(C(=O)N[C@@H]2CCN(Cc3ccc(C#N)cc3)C2)nc1. The summed E-state index contributed by atoms with van der Waals surface area (Å²) in [6, 6.07) is 13.1. The van der Waals surface area contributed by atoms with Crippen molar-refractivity contribution in [1.29, 1.82) is 5.26 Å². The molecule has 1 atom stereocenters. The molecular formula is C25H31N5O2. The summed E-state index contributed by atoms with van der Waals surface area (Å²) in [7, 11) is 0. The molecule has 7 heteroatoms. The molecule has 1 aliphatic heterocycles. The smallest absolute Gasteiger partial charge is 0.270 e. The highest BCUT2D eigenvalue weighted by atomic mass is 16.2. The molecular weight excluding hydrogens is 402 g/mol. The van der Waals surface area contributed by atoms with Crippen LogP contribution in [0, 0.1) is 11.3 Å². The number of rotatable bonds is 9. The summed E-state index contributed by atoms with van der Waals surface area (Å²) >= 11 is 0. The molecule has 1 saturated heterocycles. The number of nitrogens with zero attached hydrogens (tertiary/aromatic N) is 4. The Balaban J connectivity index is 1.52. The van der Waals surface area contributed by atoms with Gasteiger partial charge in [0, 0.05) is 45.0 Å². The van der Waals surface area contributed by atoms with Gasteiger partial charge >= 0.3 is 0 Å². The lowest BCUT2D eigenvalue weighted by atomic mass is 10.1. The molecule has 168 valence electrons. The summed E-state index contributed by atoms with van der Waals surface area (Å²) in [5.41, 5.74) is 2.64. The van der Waals surface area contributed by atoms with Crippen LogP contribution in [0.2, 0.25) is 0 Å². The van der Waals surface area contributed by atoms with Crippen LogP contribution < -0.4 is 5.32 Å². The van der Waals surface area contributed by atoms with E-state index >= 15 is 0 Å². The minimum Gasteiger partial charge on any atom is -0.347 e. The molecule has 1 aliphatic rings. The van der Waals surface area contributed by atoms with E-state index in [1.807, 2.05) is 29.2 Å². The maximum absolute atomic E-state index is 12.7. The average molecular weight is 434 g/mol. The Morgan fingerprint density at radius 2 is 1.88 bits per heavy atom. The van der Waals surface area contributed by atoms with Crippen molar-refractivity contribution in [2.24, 2.45) is 0 Å². The summed E-state index contributed by atoms with van der Waals surface area (Å²) in [5, 5.41) is 12.0. The number of hydrogen-bond acceptors (Lipinski definition) is 5. The van der Waals surface area contributed by atoms with Crippen molar-refractivity contribution in [1.82, 2.24) is 20.1 Å². The molecule has 32 heavy (non-hydrogen) atoms. The van der Waals surface area contributed by atoms with Crippen molar-refractivity contribution >= 4 is 11.8 Å². The zero-order chi connectivity index (χ0) is 22.9. The van der Waals surface area contributed by atoms with Crippen molar-refractivity contribution in [2.45, 2.75) is 45.7 Å². The van der Waals surface area contributed by atoms with E-state index in [9.17, 15) is 9.59 Å². The molecule has 1 fully saturated rings. The number of carbonyl (C=O) groups excluding carboxylic acids is 2. The molecule has 2 amide bonds. The molecule has 7 nitrogen and oxygen atoms in total. The van der Waals surface area contributed by atoms with Crippen LogP contribution in [0.3, 0.4) is 0 Å². The number of pyridine rings is 1. The maximum atomic E-state index is 12.7. The number of benzene rings is 1. The molecule has 1 aromatic carbocycles. The van der Waals surface area contributed by atoms with Gasteiger partial charge in [0.15, 0.2) is 0 Å². The monoisotopic (exact) mass is 433 g/mol. The van der Waals surface area contributed by atoms with Gasteiger partial charge in [-0.05, 0) is 49.1 Å². The normalized spacial score (nSPS) is 15.8. The van der Waals surface area contributed by atoms with E-state index in [0.717, 1.165) is 57.5 Å². The minimum atomic E-state index is -0.215. The van der Waals surface area contributed by atoms with Crippen LogP contribution in [0.4, 0.5) is 0 Å². The zero-order valence-corrected chi connectivity index (χ0v) is 18.9. The van der Waals surface area contributed by atoms with E-state index in [-0.39, 0.29) is 17.9 Å². The molecule has 0 bridgehead atoms. The second-order valence-corrected chi connectivity index (χ2v) is 8.23. The first-order valence-corrected chi connectivity index (χ1v) is 11.3. The zero-order valence-electron chi connectivity index (χ0n) is 18.9. The Bertz CT molecular complexity index is 944. The molecule has 0 unspecified atom stereocenters. The molecule has 1 aromatic heterocycles. The predicted molar refractivity (Wildman–Crippen MR) is 123 cm³/mol. The fraction of sp³-hybridized carbons (Fsp3) is 0.440. The molecule has 0 saturated carbocycles. The lowest BCUT2D eigenvalue weighted by Gasteiger charge is -2.21. The number of hydrogen-bond donors (Lipinski definition) is 1. The summed E-state index contributed by atoms with van der Waals surface area (Å²) in [6.45, 7) is 8.00. The molecule has 1 N–H and O–H groups in total. The summed E-state index contributed by atoms with van der Waals surface area (Å²) in [4.78, 5) is 33.7. The quantitative estimate of drug-likeness (QED) is 0.656. The third-order valence-corrected chi connectivity index (χ3v) is 5.61. The topological polar surface area (TPSA) is 89.3 Å². The Kier molecular flexibility index (Phi) is 8.34. The summed E-state index contributed by atoms with van der Waals surface area (Å²) in [5.74, 6) is -0.254. The van der Waals surface area contributed by atoms with Crippen LogP contribution in [-0.4, -0.2) is 58.8 Å². The Morgan fingerprint density at radius 3 is 2.47 bits per heavy atom. The average Bonchev–Trinajstić information content (AvgIpc) is 3.25. The van der Waals surface area contributed by atoms with Crippen molar-refractivity contribution in [2.75, 3.05) is 26.2 Å². The third kappa shape index (κ3) is 6.14. The van der Waals surface area contributed by atoms with Gasteiger partial charge in [-0.2, -0.15) is 5.26 Å². The highest BCUT2D eigenvalue weighted by Crippen LogP contribution is 2.15. The van der Waals surface area contributed by atoms with E-state index in [1.165, 1.54) is 6.20 Å². The molecule has 2 aromatic rings. The summed E-state index contributed by atoms with van der Waals surface area (Å²) < 4.78 is 0. The third-order valence-electron chi connectivity index (χ3n) is 5.61. The van der Waals surface area contributed by atoms with Crippen LogP contribution in [-0.2, 0) is 6.54 Å². The van der Waals surface area contributed by atoms with Gasteiger partial charge in [0.2, 0.25) is 0 Å². The van der Waals surface area contributed by atoms with Gasteiger partial charge < -0.3 is 10.2 Å². The molecule has 2 heterocycles. The first-order valence-electron chi connectivity index (χ1n) is 11.3. The fourth-order valence-electron chi connectivity index (χ4n) is 3.99. The number of amides is 2. The first-order chi connectivity index (χ1) is 15.5. The Labute approximate surface area is 190 Å². The van der Waals surface area contributed by atoms with E-state index in [1.54, 1.807) is 12.1 Å². The van der Waals surface area contributed by atoms with Crippen molar-refractivity contribution < 1.29 is 9.59 Å². The summed E-state index contributed by atoms with van der Waals surface area (Å²) in [6.07, 6.45) is 4.19. The van der Waals surface area contributed by atoms with Crippen LogP contribution >= 0.6 is 0 Å². The molecule has 0 spiro atoms. The van der Waals surface area contributed by atoms with Crippen LogP contribution in [0.1, 0.15) is 65.1 Å². The predicted octanol–water partition coefficient (Wildman–Crippen LogP) is 3.22. The van der Waals surface area contributed by atoms with E-state index in [4.69, 9.17) is 5.26 Å². The van der Waals surface area contributed by atoms with Crippen molar-refractivity contribution in [3.63, 3.8) is 0 Å². The molecule has 0 aliphatic carbocycles. The fourth-order valence-corrected chi connectivity index (χ4v) is 3.99. The van der Waals surface area contributed by atoms with Gasteiger partial charge in [-0.1, -0.05) is 26.0 Å². The largest absolute Gasteiger partial charge is 0.347 e. The highest BCUT2D eigenvalue weighted by molar-refractivity contribution is 5.96. The van der Waals surface area contributed by atoms with Crippen LogP contribution in [0.15, 0.2) is 42.6 Å². The highest BCUT2D eigenvalue weighted by Gasteiger charge is 2.25. The lowest BCUT2D eigenvalue weighted by Crippen LogP contribution is -2.37. The van der Waals surface area contributed by atoms with Crippen LogP contribution in [0.5, 0.6) is 0 Å². The van der Waals surface area contributed by atoms with Crippen molar-refractivity contribution in [3.05, 3.63) is 65.0 Å². The van der Waals surface area contributed by atoms with Gasteiger partial charge in [0.05, 0.1) is 17.2 Å². The lowest BCUT2D eigenvalue weighted by molar-refractivity contribution is 0.0754. The van der Waals surface area contributed by atoms with E-state index in [0.29, 0.717) is 16.8 Å². The van der Waals surface area contributed by atoms with Gasteiger partial charge in [0.1, 0.15) is 5.69 Å². The van der Waals surface area contributed by atoms with Gasteiger partial charge in [-0.3, -0.25) is 19.5 Å². The first kappa shape index (κ1) is 23.4. The standard InChI is InChI=1S/C25H31N5O2/c1-3-12-30(13-4-2)25(32)21-9-10-23(27-16-21)24(31)28-22-11-14-29(18-22)17-20-7-5-19(15-26)6-8-20/h5-10,16,22H,3-4,11-14,17-18H2,1-2H3,(H,28,31)/t22-/m1/s1. The number of nitriles is 1. The number of nitrogens with one attached hydrogen (secondary N) is 1. The molecule has 3 rings (SSSR count). The maximum Gasteiger partial charge on any atom is 0.270 e. The van der Waals surface area contributed by atoms with Crippen LogP contribution in [0.25, 0.3) is 0 Å². The van der Waals surface area contributed by atoms with E-state index < -0.39 is 0 Å². The second-order valence-electron chi connectivity index (χ2n) is 8.23.